The van der Waals surface area contributed by atoms with Crippen molar-refractivity contribution >= 4 is 34.9 Å². The highest BCUT2D eigenvalue weighted by Gasteiger charge is 2.13. The Hall–Kier alpha value is -3.89. The lowest BCUT2D eigenvalue weighted by atomic mass is 10.1. The van der Waals surface area contributed by atoms with Crippen LogP contribution in [0.1, 0.15) is 21.7 Å². The molecule has 0 aliphatic rings. The van der Waals surface area contributed by atoms with E-state index in [1.54, 1.807) is 18.2 Å². The molecule has 3 rings (SSSR count). The fraction of sp³-hybridized carbons (Fsp3) is 0. The molecule has 0 fully saturated rings. The van der Waals surface area contributed by atoms with Crippen molar-refractivity contribution in [3.63, 3.8) is 0 Å². The molecule has 0 saturated carbocycles. The number of halogens is 1. The summed E-state index contributed by atoms with van der Waals surface area (Å²) in [5, 5.41) is 29.4. The number of carboxylic acid groups (broad SMARTS) is 1. The van der Waals surface area contributed by atoms with Gasteiger partial charge in [-0.1, -0.05) is 11.6 Å². The predicted molar refractivity (Wildman–Crippen MR) is 103 cm³/mol. The third-order valence-electron chi connectivity index (χ3n) is 3.90. The monoisotopic (exact) mass is 394 g/mol. The number of furan rings is 1. The molecule has 0 spiro atoms. The van der Waals surface area contributed by atoms with E-state index in [0.717, 1.165) is 0 Å². The second-order valence-electron chi connectivity index (χ2n) is 5.68. The number of carbonyl (C=O) groups is 1. The molecule has 0 bridgehead atoms. The highest BCUT2D eigenvalue weighted by molar-refractivity contribution is 6.33. The number of nitro benzene ring substituents is 1. The Kier molecular flexibility index (Phi) is 5.25. The Balaban J connectivity index is 1.92. The normalized spacial score (nSPS) is 11.1. The molecule has 0 aliphatic carbocycles. The molecule has 2 aromatic carbocycles. The summed E-state index contributed by atoms with van der Waals surface area (Å²) in [6.07, 6.45) is 1.50. The first-order chi connectivity index (χ1) is 13.4. The van der Waals surface area contributed by atoms with E-state index in [1.807, 2.05) is 6.07 Å². The van der Waals surface area contributed by atoms with Gasteiger partial charge in [-0.3, -0.25) is 10.1 Å². The number of non-ortho nitro benzene ring substituents is 1. The summed E-state index contributed by atoms with van der Waals surface area (Å²) in [6.45, 7) is 0. The first-order valence-corrected chi connectivity index (χ1v) is 8.26. The minimum atomic E-state index is -1.15. The molecule has 0 amide bonds. The molecule has 1 heterocycles. The van der Waals surface area contributed by atoms with Crippen LogP contribution in [0.25, 0.3) is 23.0 Å². The van der Waals surface area contributed by atoms with Crippen molar-refractivity contribution in [2.75, 3.05) is 0 Å². The molecule has 0 aliphatic heterocycles. The zero-order valence-electron chi connectivity index (χ0n) is 14.1. The zero-order valence-corrected chi connectivity index (χ0v) is 14.9. The van der Waals surface area contributed by atoms with Crippen LogP contribution in [0.5, 0.6) is 0 Å². The number of rotatable bonds is 5. The van der Waals surface area contributed by atoms with E-state index in [9.17, 15) is 25.3 Å². The molecule has 0 saturated heterocycles. The van der Waals surface area contributed by atoms with E-state index in [0.29, 0.717) is 22.6 Å². The second-order valence-corrected chi connectivity index (χ2v) is 6.08. The van der Waals surface area contributed by atoms with Crippen LogP contribution in [0.4, 0.5) is 5.69 Å². The van der Waals surface area contributed by atoms with Crippen molar-refractivity contribution in [1.82, 2.24) is 0 Å². The number of hydrogen-bond donors (Lipinski definition) is 1. The lowest BCUT2D eigenvalue weighted by molar-refractivity contribution is -0.384. The number of nitrogens with zero attached hydrogens (tertiary/aromatic N) is 2. The fourth-order valence-electron chi connectivity index (χ4n) is 2.51. The Morgan fingerprint density at radius 3 is 2.50 bits per heavy atom. The Morgan fingerprint density at radius 2 is 1.89 bits per heavy atom. The van der Waals surface area contributed by atoms with Gasteiger partial charge >= 0.3 is 5.97 Å². The maximum atomic E-state index is 11.2. The number of nitro groups is 1. The van der Waals surface area contributed by atoms with Crippen LogP contribution in [0.15, 0.2) is 59.0 Å². The van der Waals surface area contributed by atoms with Gasteiger partial charge in [-0.25, -0.2) is 4.79 Å². The van der Waals surface area contributed by atoms with Crippen molar-refractivity contribution in [1.29, 1.82) is 5.26 Å². The van der Waals surface area contributed by atoms with Crippen LogP contribution in [-0.2, 0) is 0 Å². The summed E-state index contributed by atoms with van der Waals surface area (Å²) in [5.74, 6) is -0.369. The fourth-order valence-corrected chi connectivity index (χ4v) is 2.71. The summed E-state index contributed by atoms with van der Waals surface area (Å²) in [7, 11) is 0. The molecular formula is C20H11ClN2O5. The number of benzene rings is 2. The number of allylic oxidation sites excluding steroid dienone is 1. The number of nitriles is 1. The van der Waals surface area contributed by atoms with E-state index >= 15 is 0 Å². The Morgan fingerprint density at radius 1 is 1.18 bits per heavy atom. The smallest absolute Gasteiger partial charge is 0.337 e. The highest BCUT2D eigenvalue weighted by atomic mass is 35.5. The van der Waals surface area contributed by atoms with Crippen molar-refractivity contribution in [2.24, 2.45) is 0 Å². The Labute approximate surface area is 163 Å². The molecule has 1 aromatic heterocycles. The number of carboxylic acids is 1. The molecule has 3 aromatic rings. The molecular weight excluding hydrogens is 384 g/mol. The van der Waals surface area contributed by atoms with Gasteiger partial charge in [0, 0.05) is 17.7 Å². The number of aromatic carboxylic acids is 1. The van der Waals surface area contributed by atoms with E-state index in [1.165, 1.54) is 42.5 Å². The van der Waals surface area contributed by atoms with Gasteiger partial charge in [0.15, 0.2) is 0 Å². The maximum Gasteiger partial charge on any atom is 0.337 e. The summed E-state index contributed by atoms with van der Waals surface area (Å²) in [5.41, 5.74) is 1.17. The van der Waals surface area contributed by atoms with E-state index in [2.05, 4.69) is 0 Å². The third kappa shape index (κ3) is 3.92. The van der Waals surface area contributed by atoms with Gasteiger partial charge in [0.25, 0.3) is 5.69 Å². The van der Waals surface area contributed by atoms with E-state index < -0.39 is 10.9 Å². The zero-order chi connectivity index (χ0) is 20.3. The van der Waals surface area contributed by atoms with Crippen molar-refractivity contribution < 1.29 is 19.2 Å². The largest absolute Gasteiger partial charge is 0.478 e. The summed E-state index contributed by atoms with van der Waals surface area (Å²) in [6, 6.07) is 15.4. The minimum absolute atomic E-state index is 0.0451. The van der Waals surface area contributed by atoms with Gasteiger partial charge in [0.05, 0.1) is 27.2 Å². The third-order valence-corrected chi connectivity index (χ3v) is 4.23. The second kappa shape index (κ2) is 7.78. The molecule has 138 valence electrons. The maximum absolute atomic E-state index is 11.2. The average Bonchev–Trinajstić information content (AvgIpc) is 3.15. The summed E-state index contributed by atoms with van der Waals surface area (Å²) < 4.78 is 5.69. The number of hydrogen-bond acceptors (Lipinski definition) is 5. The van der Waals surface area contributed by atoms with Gasteiger partial charge in [-0.2, -0.15) is 5.26 Å². The Bertz CT molecular complexity index is 1140. The first kappa shape index (κ1) is 18.9. The van der Waals surface area contributed by atoms with Crippen LogP contribution in [0, 0.1) is 21.4 Å². The van der Waals surface area contributed by atoms with Crippen molar-refractivity contribution in [3.8, 4) is 17.4 Å². The topological polar surface area (TPSA) is 117 Å². The molecule has 0 unspecified atom stereocenters. The molecule has 1 N–H and O–H groups in total. The summed E-state index contributed by atoms with van der Waals surface area (Å²) in [4.78, 5) is 21.4. The van der Waals surface area contributed by atoms with Crippen LogP contribution in [0.3, 0.4) is 0 Å². The van der Waals surface area contributed by atoms with Gasteiger partial charge in [-0.05, 0) is 54.1 Å². The predicted octanol–water partition coefficient (Wildman–Crippen LogP) is 5.27. The molecule has 8 heteroatoms. The average molecular weight is 395 g/mol. The van der Waals surface area contributed by atoms with Crippen LogP contribution >= 0.6 is 11.6 Å². The quantitative estimate of drug-likeness (QED) is 0.357. The SMILES string of the molecule is N#C/C(=C\c1ccc(-c2ccc(Cl)c(C(=O)O)c2)o1)c1ccc([N+](=O)[O-])cc1. The minimum Gasteiger partial charge on any atom is -0.478 e. The van der Waals surface area contributed by atoms with Gasteiger partial charge in [0.2, 0.25) is 0 Å². The van der Waals surface area contributed by atoms with E-state index in [-0.39, 0.29) is 21.8 Å². The lowest BCUT2D eigenvalue weighted by Crippen LogP contribution is -1.97. The molecule has 7 nitrogen and oxygen atoms in total. The standard InChI is InChI=1S/C20H11ClN2O5/c21-18-7-3-13(10-17(18)20(24)25)19-8-6-16(28-19)9-14(11-22)12-1-4-15(5-2-12)23(26)27/h1-10H,(H,24,25)/b14-9+. The highest BCUT2D eigenvalue weighted by Crippen LogP contribution is 2.28. The van der Waals surface area contributed by atoms with Crippen LogP contribution < -0.4 is 0 Å². The molecule has 0 atom stereocenters. The van der Waals surface area contributed by atoms with Crippen LogP contribution in [-0.4, -0.2) is 16.0 Å². The molecule has 0 radical (unpaired) electrons. The molecule has 28 heavy (non-hydrogen) atoms. The van der Waals surface area contributed by atoms with Gasteiger partial charge in [0.1, 0.15) is 11.5 Å². The van der Waals surface area contributed by atoms with E-state index in [4.69, 9.17) is 16.0 Å². The van der Waals surface area contributed by atoms with Gasteiger partial charge < -0.3 is 9.52 Å². The van der Waals surface area contributed by atoms with Crippen LogP contribution in [0.2, 0.25) is 5.02 Å². The summed E-state index contributed by atoms with van der Waals surface area (Å²) >= 11 is 5.87. The van der Waals surface area contributed by atoms with Crippen molar-refractivity contribution in [3.05, 3.63) is 86.6 Å². The van der Waals surface area contributed by atoms with Crippen molar-refractivity contribution in [2.45, 2.75) is 0 Å². The lowest BCUT2D eigenvalue weighted by Gasteiger charge is -2.02. The van der Waals surface area contributed by atoms with Gasteiger partial charge in [-0.15, -0.1) is 0 Å². The first-order valence-electron chi connectivity index (χ1n) is 7.88.